The summed E-state index contributed by atoms with van der Waals surface area (Å²) < 4.78 is 1.90. The van der Waals surface area contributed by atoms with Gasteiger partial charge < -0.3 is 11.1 Å². The summed E-state index contributed by atoms with van der Waals surface area (Å²) in [6, 6.07) is 7.02. The van der Waals surface area contributed by atoms with Crippen molar-refractivity contribution in [2.24, 2.45) is 0 Å². The SMILES string of the molecule is Nc1nc(CCCNc2nc(-c3ccsc3)cc3nccn23)ccc1[N+](=O)[O-]. The minimum absolute atomic E-state index is 0.0549. The Balaban J connectivity index is 1.44. The molecule has 0 aliphatic heterocycles. The van der Waals surface area contributed by atoms with Crippen LogP contribution in [0.5, 0.6) is 0 Å². The number of anilines is 2. The number of rotatable bonds is 7. The lowest BCUT2D eigenvalue weighted by Gasteiger charge is -2.10. The lowest BCUT2D eigenvalue weighted by molar-refractivity contribution is -0.384. The van der Waals surface area contributed by atoms with Crippen LogP contribution in [0.25, 0.3) is 16.9 Å². The number of hydrogen-bond donors (Lipinski definition) is 2. The molecular weight excluding hydrogens is 378 g/mol. The number of aryl methyl sites for hydroxylation is 1. The summed E-state index contributed by atoms with van der Waals surface area (Å²) in [6.07, 6.45) is 5.01. The van der Waals surface area contributed by atoms with E-state index in [9.17, 15) is 10.1 Å². The average molecular weight is 395 g/mol. The summed E-state index contributed by atoms with van der Waals surface area (Å²) in [4.78, 5) is 23.5. The molecule has 0 radical (unpaired) electrons. The predicted octanol–water partition coefficient (Wildman–Crippen LogP) is 3.39. The van der Waals surface area contributed by atoms with Crippen molar-refractivity contribution in [3.8, 4) is 11.3 Å². The molecule has 0 bridgehead atoms. The molecule has 0 saturated carbocycles. The Kier molecular flexibility index (Phi) is 4.85. The Morgan fingerprint density at radius 2 is 2.18 bits per heavy atom. The molecule has 3 N–H and O–H groups in total. The van der Waals surface area contributed by atoms with Gasteiger partial charge in [-0.2, -0.15) is 11.3 Å². The zero-order valence-corrected chi connectivity index (χ0v) is 15.6. The second-order valence-corrected chi connectivity index (χ2v) is 6.91. The maximum absolute atomic E-state index is 10.8. The molecule has 9 nitrogen and oxygen atoms in total. The van der Waals surface area contributed by atoms with Crippen molar-refractivity contribution < 1.29 is 4.92 Å². The fourth-order valence-electron chi connectivity index (χ4n) is 2.88. The van der Waals surface area contributed by atoms with E-state index >= 15 is 0 Å². The highest BCUT2D eigenvalue weighted by Crippen LogP contribution is 2.23. The number of nitro groups is 1. The highest BCUT2D eigenvalue weighted by Gasteiger charge is 2.13. The first-order chi connectivity index (χ1) is 13.6. The van der Waals surface area contributed by atoms with Crippen LogP contribution in [0.4, 0.5) is 17.5 Å². The van der Waals surface area contributed by atoms with Crippen LogP contribution in [0, 0.1) is 10.1 Å². The van der Waals surface area contributed by atoms with Gasteiger partial charge in [0.1, 0.15) is 5.65 Å². The number of thiophene rings is 1. The molecule has 4 aromatic rings. The Morgan fingerprint density at radius 3 is 2.93 bits per heavy atom. The standard InChI is InChI=1S/C18H17N7O2S/c19-17-15(25(26)27)4-3-13(22-17)2-1-6-21-18-23-14(12-5-9-28-11-12)10-16-20-7-8-24(16)18/h3-5,7-11H,1-2,6H2,(H2,19,22)(H,21,23). The van der Waals surface area contributed by atoms with Crippen molar-refractivity contribution in [3.05, 3.63) is 63.2 Å². The molecule has 4 rings (SSSR count). The summed E-state index contributed by atoms with van der Waals surface area (Å²) >= 11 is 1.62. The molecule has 0 saturated heterocycles. The number of fused-ring (bicyclic) bond motifs is 1. The molecule has 4 aromatic heterocycles. The minimum Gasteiger partial charge on any atom is -0.378 e. The number of pyridine rings is 1. The van der Waals surface area contributed by atoms with Crippen LogP contribution in [-0.4, -0.2) is 30.8 Å². The maximum Gasteiger partial charge on any atom is 0.311 e. The van der Waals surface area contributed by atoms with Crippen LogP contribution >= 0.6 is 11.3 Å². The number of nitrogens with zero attached hydrogens (tertiary/aromatic N) is 5. The number of nitrogen functional groups attached to an aromatic ring is 1. The van der Waals surface area contributed by atoms with Crippen molar-refractivity contribution >= 4 is 34.4 Å². The number of aromatic nitrogens is 4. The van der Waals surface area contributed by atoms with Gasteiger partial charge in [0.2, 0.25) is 11.8 Å². The van der Waals surface area contributed by atoms with Crippen LogP contribution in [-0.2, 0) is 6.42 Å². The molecular formula is C18H17N7O2S. The molecule has 142 valence electrons. The highest BCUT2D eigenvalue weighted by molar-refractivity contribution is 7.08. The molecule has 28 heavy (non-hydrogen) atoms. The largest absolute Gasteiger partial charge is 0.378 e. The third kappa shape index (κ3) is 3.62. The van der Waals surface area contributed by atoms with E-state index < -0.39 is 4.92 Å². The number of imidazole rings is 1. The third-order valence-corrected chi connectivity index (χ3v) is 4.94. The molecule has 0 amide bonds. The molecule has 0 aromatic carbocycles. The van der Waals surface area contributed by atoms with E-state index in [1.807, 2.05) is 28.1 Å². The first-order valence-electron chi connectivity index (χ1n) is 8.62. The smallest absolute Gasteiger partial charge is 0.311 e. The second kappa shape index (κ2) is 7.61. The molecule has 0 spiro atoms. The van der Waals surface area contributed by atoms with Gasteiger partial charge in [0.25, 0.3) is 0 Å². The molecule has 0 aliphatic rings. The molecule has 0 atom stereocenters. The number of nitrogens with one attached hydrogen (secondary N) is 1. The van der Waals surface area contributed by atoms with Gasteiger partial charge in [-0.15, -0.1) is 0 Å². The maximum atomic E-state index is 10.8. The second-order valence-electron chi connectivity index (χ2n) is 6.13. The van der Waals surface area contributed by atoms with Gasteiger partial charge in [0.15, 0.2) is 0 Å². The lowest BCUT2D eigenvalue weighted by atomic mass is 10.2. The Hall–Kier alpha value is -3.53. The lowest BCUT2D eigenvalue weighted by Crippen LogP contribution is -2.10. The normalized spacial score (nSPS) is 11.0. The van der Waals surface area contributed by atoms with Gasteiger partial charge in [-0.3, -0.25) is 14.5 Å². The summed E-state index contributed by atoms with van der Waals surface area (Å²) in [5, 5.41) is 18.2. The predicted molar refractivity (Wildman–Crippen MR) is 108 cm³/mol. The van der Waals surface area contributed by atoms with Crippen LogP contribution in [0.2, 0.25) is 0 Å². The summed E-state index contributed by atoms with van der Waals surface area (Å²) in [5.41, 5.74) is 8.95. The van der Waals surface area contributed by atoms with E-state index in [2.05, 4.69) is 20.7 Å². The summed E-state index contributed by atoms with van der Waals surface area (Å²) in [7, 11) is 0. The van der Waals surface area contributed by atoms with E-state index in [-0.39, 0.29) is 11.5 Å². The van der Waals surface area contributed by atoms with E-state index in [1.54, 1.807) is 23.6 Å². The molecule has 4 heterocycles. The van der Waals surface area contributed by atoms with E-state index in [4.69, 9.17) is 10.7 Å². The van der Waals surface area contributed by atoms with Crippen LogP contribution < -0.4 is 11.1 Å². The van der Waals surface area contributed by atoms with Crippen LogP contribution in [0.15, 0.2) is 47.4 Å². The fourth-order valence-corrected chi connectivity index (χ4v) is 3.53. The highest BCUT2D eigenvalue weighted by atomic mass is 32.1. The van der Waals surface area contributed by atoms with Gasteiger partial charge in [-0.1, -0.05) is 0 Å². The minimum atomic E-state index is -0.532. The number of nitrogens with two attached hydrogens (primary N) is 1. The van der Waals surface area contributed by atoms with Crippen LogP contribution in [0.1, 0.15) is 12.1 Å². The Labute approximate surface area is 164 Å². The van der Waals surface area contributed by atoms with Gasteiger partial charge in [-0.05, 0) is 30.4 Å². The number of hydrogen-bond acceptors (Lipinski definition) is 8. The van der Waals surface area contributed by atoms with Gasteiger partial charge >= 0.3 is 5.69 Å². The molecule has 0 aliphatic carbocycles. The van der Waals surface area contributed by atoms with Gasteiger partial charge in [0.05, 0.1) is 10.6 Å². The van der Waals surface area contributed by atoms with Crippen molar-refractivity contribution in [3.63, 3.8) is 0 Å². The Morgan fingerprint density at radius 1 is 1.29 bits per heavy atom. The first-order valence-corrected chi connectivity index (χ1v) is 9.56. The Bertz CT molecular complexity index is 1120. The monoisotopic (exact) mass is 395 g/mol. The average Bonchev–Trinajstić information content (AvgIpc) is 3.36. The summed E-state index contributed by atoms with van der Waals surface area (Å²) in [5.74, 6) is 0.660. The zero-order chi connectivity index (χ0) is 19.5. The van der Waals surface area contributed by atoms with E-state index in [0.29, 0.717) is 18.9 Å². The van der Waals surface area contributed by atoms with Crippen molar-refractivity contribution in [1.82, 2.24) is 19.4 Å². The first kappa shape index (κ1) is 17.9. The quantitative estimate of drug-likeness (QED) is 0.279. The van der Waals surface area contributed by atoms with Crippen molar-refractivity contribution in [2.45, 2.75) is 12.8 Å². The zero-order valence-electron chi connectivity index (χ0n) is 14.8. The van der Waals surface area contributed by atoms with Gasteiger partial charge in [-0.25, -0.2) is 15.0 Å². The van der Waals surface area contributed by atoms with Crippen molar-refractivity contribution in [2.75, 3.05) is 17.6 Å². The van der Waals surface area contributed by atoms with E-state index in [1.165, 1.54) is 6.07 Å². The summed E-state index contributed by atoms with van der Waals surface area (Å²) in [6.45, 7) is 0.659. The molecule has 0 unspecified atom stereocenters. The topological polar surface area (TPSA) is 124 Å². The van der Waals surface area contributed by atoms with Crippen LogP contribution in [0.3, 0.4) is 0 Å². The third-order valence-electron chi connectivity index (χ3n) is 4.26. The van der Waals surface area contributed by atoms with E-state index in [0.717, 1.165) is 29.0 Å². The molecule has 0 fully saturated rings. The van der Waals surface area contributed by atoms with Gasteiger partial charge in [0, 0.05) is 47.7 Å². The fraction of sp³-hybridized carbons (Fsp3) is 0.167. The van der Waals surface area contributed by atoms with Crippen molar-refractivity contribution in [1.29, 1.82) is 0 Å². The molecule has 10 heteroatoms.